The third kappa shape index (κ3) is 4.88. The minimum absolute atomic E-state index is 0.224. The fourth-order valence-corrected chi connectivity index (χ4v) is 3.03. The number of likely N-dealkylation sites (N-methyl/N-ethyl adjacent to an activating group) is 1. The van der Waals surface area contributed by atoms with Gasteiger partial charge in [0.15, 0.2) is 0 Å². The minimum Gasteiger partial charge on any atom is -0.355 e. The van der Waals surface area contributed by atoms with Crippen LogP contribution >= 0.6 is 0 Å². The second-order valence-corrected chi connectivity index (χ2v) is 6.66. The van der Waals surface area contributed by atoms with E-state index in [1.165, 1.54) is 0 Å². The van der Waals surface area contributed by atoms with E-state index >= 15 is 0 Å². The van der Waals surface area contributed by atoms with Crippen LogP contribution in [0.2, 0.25) is 0 Å². The summed E-state index contributed by atoms with van der Waals surface area (Å²) < 4.78 is 13.0. The number of aryl methyl sites for hydroxylation is 1. The van der Waals surface area contributed by atoms with Crippen molar-refractivity contribution in [3.05, 3.63) is 30.0 Å². The predicted molar refractivity (Wildman–Crippen MR) is 104 cm³/mol. The second kappa shape index (κ2) is 8.56. The summed E-state index contributed by atoms with van der Waals surface area (Å²) in [5.41, 5.74) is 2.58. The highest BCUT2D eigenvalue weighted by Gasteiger charge is 2.43. The van der Waals surface area contributed by atoms with Crippen molar-refractivity contribution in [2.24, 2.45) is 0 Å². The Balaban J connectivity index is 0.00000109. The van der Waals surface area contributed by atoms with E-state index in [2.05, 4.69) is 29.0 Å². The molecule has 0 spiro atoms. The Morgan fingerprint density at radius 2 is 1.80 bits per heavy atom. The molecule has 0 radical (unpaired) electrons. The van der Waals surface area contributed by atoms with Crippen LogP contribution < -0.4 is 10.2 Å². The van der Waals surface area contributed by atoms with E-state index in [1.807, 2.05) is 45.0 Å². The number of aromatic nitrogens is 2. The Labute approximate surface area is 150 Å². The fourth-order valence-electron chi connectivity index (χ4n) is 3.03. The molecule has 5 heteroatoms. The lowest BCUT2D eigenvalue weighted by Crippen LogP contribution is -2.46. The Hall–Kier alpha value is -1.75. The van der Waals surface area contributed by atoms with Crippen molar-refractivity contribution < 1.29 is 4.39 Å². The zero-order valence-electron chi connectivity index (χ0n) is 16.1. The zero-order valence-corrected chi connectivity index (χ0v) is 16.1. The number of nitrogens with zero attached hydrogens (tertiary/aromatic N) is 3. The van der Waals surface area contributed by atoms with Crippen LogP contribution in [0.3, 0.4) is 0 Å². The summed E-state index contributed by atoms with van der Waals surface area (Å²) in [7, 11) is 0. The van der Waals surface area contributed by atoms with Gasteiger partial charge >= 0.3 is 0 Å². The zero-order chi connectivity index (χ0) is 18.4. The van der Waals surface area contributed by atoms with Crippen LogP contribution in [0.5, 0.6) is 0 Å². The summed E-state index contributed by atoms with van der Waals surface area (Å²) in [6.07, 6.45) is 1.89. The molecule has 3 rings (SSSR count). The first-order valence-corrected chi connectivity index (χ1v) is 9.38. The number of pyridine rings is 2. The van der Waals surface area contributed by atoms with Gasteiger partial charge in [-0.25, -0.2) is 9.37 Å². The van der Waals surface area contributed by atoms with Crippen molar-refractivity contribution in [2.75, 3.05) is 24.7 Å². The highest BCUT2D eigenvalue weighted by molar-refractivity contribution is 5.76. The van der Waals surface area contributed by atoms with Crippen molar-refractivity contribution in [1.82, 2.24) is 15.3 Å². The lowest BCUT2D eigenvalue weighted by Gasteiger charge is -2.28. The number of anilines is 1. The summed E-state index contributed by atoms with van der Waals surface area (Å²) in [5, 5.41) is 3.44. The van der Waals surface area contributed by atoms with Crippen molar-refractivity contribution in [3.8, 4) is 0 Å². The van der Waals surface area contributed by atoms with Crippen molar-refractivity contribution in [3.63, 3.8) is 0 Å². The SMILES string of the molecule is CC.CCN(CC(C)NC1(CF)CC1)c1ccc2nc(C)ccc2n1. The van der Waals surface area contributed by atoms with Gasteiger partial charge in [0.1, 0.15) is 12.5 Å². The molecule has 25 heavy (non-hydrogen) atoms. The third-order valence-corrected chi connectivity index (χ3v) is 4.53. The Bertz CT molecular complexity index is 684. The van der Waals surface area contributed by atoms with E-state index in [0.29, 0.717) is 0 Å². The molecule has 0 aliphatic heterocycles. The molecule has 1 N–H and O–H groups in total. The average molecular weight is 346 g/mol. The number of fused-ring (bicyclic) bond motifs is 1. The van der Waals surface area contributed by atoms with Crippen molar-refractivity contribution >= 4 is 16.9 Å². The van der Waals surface area contributed by atoms with E-state index in [0.717, 1.165) is 48.5 Å². The first kappa shape index (κ1) is 19.6. The largest absolute Gasteiger partial charge is 0.355 e. The van der Waals surface area contributed by atoms with Gasteiger partial charge in [0.25, 0.3) is 0 Å². The smallest absolute Gasteiger partial charge is 0.129 e. The van der Waals surface area contributed by atoms with Gasteiger partial charge in [-0.3, -0.25) is 4.98 Å². The quantitative estimate of drug-likeness (QED) is 0.813. The topological polar surface area (TPSA) is 41.0 Å². The summed E-state index contributed by atoms with van der Waals surface area (Å²) in [6, 6.07) is 8.26. The number of hydrogen-bond donors (Lipinski definition) is 1. The van der Waals surface area contributed by atoms with Crippen molar-refractivity contribution in [1.29, 1.82) is 0 Å². The van der Waals surface area contributed by atoms with Crippen LogP contribution in [-0.4, -0.2) is 41.3 Å². The Morgan fingerprint density at radius 3 is 2.40 bits per heavy atom. The standard InChI is InChI=1S/C18H25FN4.C2H6/c1-4-23(11-14(3)22-18(12-19)9-10-18)17-8-7-15-16(21-17)6-5-13(2)20-15;1-2/h5-8,14,22H,4,9-12H2,1-3H3;1-2H3. The fraction of sp³-hybridized carbons (Fsp3) is 0.600. The highest BCUT2D eigenvalue weighted by Crippen LogP contribution is 2.36. The third-order valence-electron chi connectivity index (χ3n) is 4.53. The number of hydrogen-bond acceptors (Lipinski definition) is 4. The van der Waals surface area contributed by atoms with Gasteiger partial charge in [0.05, 0.1) is 11.0 Å². The molecule has 1 unspecified atom stereocenters. The van der Waals surface area contributed by atoms with E-state index in [4.69, 9.17) is 4.98 Å². The predicted octanol–water partition coefficient (Wildman–Crippen LogP) is 4.27. The Kier molecular flexibility index (Phi) is 6.71. The molecule has 1 saturated carbocycles. The summed E-state index contributed by atoms with van der Waals surface area (Å²) in [4.78, 5) is 11.5. The maximum Gasteiger partial charge on any atom is 0.129 e. The van der Waals surface area contributed by atoms with Gasteiger partial charge in [-0.15, -0.1) is 0 Å². The molecule has 2 heterocycles. The molecule has 1 fully saturated rings. The number of nitrogens with one attached hydrogen (secondary N) is 1. The van der Waals surface area contributed by atoms with E-state index < -0.39 is 0 Å². The molecule has 2 aromatic heterocycles. The molecular formula is C20H31FN4. The monoisotopic (exact) mass is 346 g/mol. The number of rotatable bonds is 7. The second-order valence-electron chi connectivity index (χ2n) is 6.66. The Morgan fingerprint density at radius 1 is 1.16 bits per heavy atom. The van der Waals surface area contributed by atoms with Crippen LogP contribution in [0.25, 0.3) is 11.0 Å². The van der Waals surface area contributed by atoms with Crippen molar-refractivity contribution in [2.45, 2.75) is 59.0 Å². The normalized spacial score (nSPS) is 16.1. The molecule has 1 aliphatic carbocycles. The minimum atomic E-state index is -0.275. The molecular weight excluding hydrogens is 315 g/mol. The molecule has 1 atom stereocenters. The van der Waals surface area contributed by atoms with Gasteiger partial charge in [-0.1, -0.05) is 13.8 Å². The molecule has 1 aliphatic rings. The summed E-state index contributed by atoms with van der Waals surface area (Å²) in [6.45, 7) is 11.6. The maximum absolute atomic E-state index is 13.0. The van der Waals surface area contributed by atoms with E-state index in [1.54, 1.807) is 0 Å². The van der Waals surface area contributed by atoms with Crippen LogP contribution in [0.1, 0.15) is 46.2 Å². The first-order chi connectivity index (χ1) is 12.0. The van der Waals surface area contributed by atoms with Gasteiger partial charge in [0.2, 0.25) is 0 Å². The van der Waals surface area contributed by atoms with Gasteiger partial charge in [-0.2, -0.15) is 0 Å². The number of alkyl halides is 1. The van der Waals surface area contributed by atoms with Crippen LogP contribution in [0.15, 0.2) is 24.3 Å². The van der Waals surface area contributed by atoms with Crippen LogP contribution in [0, 0.1) is 6.92 Å². The van der Waals surface area contributed by atoms with E-state index in [-0.39, 0.29) is 18.3 Å². The highest BCUT2D eigenvalue weighted by atomic mass is 19.1. The summed E-state index contributed by atoms with van der Waals surface area (Å²) in [5.74, 6) is 0.949. The van der Waals surface area contributed by atoms with Gasteiger partial charge < -0.3 is 10.2 Å². The van der Waals surface area contributed by atoms with E-state index in [9.17, 15) is 4.39 Å². The lowest BCUT2D eigenvalue weighted by atomic mass is 10.2. The average Bonchev–Trinajstić information content (AvgIpc) is 3.41. The van der Waals surface area contributed by atoms with Crippen LogP contribution in [-0.2, 0) is 0 Å². The molecule has 2 aromatic rings. The molecule has 0 aromatic carbocycles. The molecule has 0 bridgehead atoms. The lowest BCUT2D eigenvalue weighted by molar-refractivity contribution is 0.331. The van der Waals surface area contributed by atoms with Gasteiger partial charge in [-0.05, 0) is 57.9 Å². The molecule has 0 amide bonds. The molecule has 138 valence electrons. The molecule has 0 saturated heterocycles. The maximum atomic E-state index is 13.0. The van der Waals surface area contributed by atoms with Gasteiger partial charge in [0, 0.05) is 30.4 Å². The first-order valence-electron chi connectivity index (χ1n) is 9.38. The summed E-state index contributed by atoms with van der Waals surface area (Å²) >= 11 is 0. The number of halogens is 1. The van der Waals surface area contributed by atoms with Crippen LogP contribution in [0.4, 0.5) is 10.2 Å². The molecule has 4 nitrogen and oxygen atoms in total.